The van der Waals surface area contributed by atoms with Crippen molar-refractivity contribution in [1.82, 2.24) is 5.32 Å². The van der Waals surface area contributed by atoms with Crippen molar-refractivity contribution in [2.45, 2.75) is 19.9 Å². The van der Waals surface area contributed by atoms with Gasteiger partial charge in [0.05, 0.1) is 6.54 Å². The molecule has 0 aliphatic heterocycles. The molecule has 0 aliphatic rings. The number of furan rings is 1. The van der Waals surface area contributed by atoms with Crippen LogP contribution in [-0.2, 0) is 13.0 Å². The average Bonchev–Trinajstić information content (AvgIpc) is 3.23. The zero-order chi connectivity index (χ0) is 15.4. The summed E-state index contributed by atoms with van der Waals surface area (Å²) >= 11 is 1.63. The second kappa shape index (κ2) is 6.62. The Balaban J connectivity index is 1.61. The molecule has 1 aromatic carbocycles. The predicted molar refractivity (Wildman–Crippen MR) is 89.0 cm³/mol. The maximum Gasteiger partial charge on any atom is 0.251 e. The van der Waals surface area contributed by atoms with Gasteiger partial charge in [-0.05, 0) is 47.7 Å². The highest BCUT2D eigenvalue weighted by molar-refractivity contribution is 7.08. The molecule has 0 aliphatic carbocycles. The lowest BCUT2D eigenvalue weighted by atomic mass is 10.1. The van der Waals surface area contributed by atoms with Crippen LogP contribution in [0.2, 0.25) is 0 Å². The number of carbonyl (C=O) groups is 1. The van der Waals surface area contributed by atoms with E-state index in [-0.39, 0.29) is 5.91 Å². The van der Waals surface area contributed by atoms with Gasteiger partial charge in [-0.15, -0.1) is 0 Å². The molecule has 0 saturated carbocycles. The van der Waals surface area contributed by atoms with Gasteiger partial charge in [-0.3, -0.25) is 4.79 Å². The third kappa shape index (κ3) is 3.28. The summed E-state index contributed by atoms with van der Waals surface area (Å²) in [6, 6.07) is 13.5. The van der Waals surface area contributed by atoms with Crippen LogP contribution in [0.15, 0.2) is 57.6 Å². The van der Waals surface area contributed by atoms with Gasteiger partial charge in [0.2, 0.25) is 0 Å². The van der Waals surface area contributed by atoms with E-state index in [0.29, 0.717) is 12.1 Å². The molecular formula is C18H17NO2S. The fourth-order valence-corrected chi connectivity index (χ4v) is 2.84. The first kappa shape index (κ1) is 14.6. The maximum absolute atomic E-state index is 12.1. The van der Waals surface area contributed by atoms with E-state index in [1.54, 1.807) is 11.3 Å². The molecule has 0 radical (unpaired) electrons. The van der Waals surface area contributed by atoms with Crippen LogP contribution < -0.4 is 5.32 Å². The minimum absolute atomic E-state index is 0.0869. The van der Waals surface area contributed by atoms with Gasteiger partial charge in [0.25, 0.3) is 5.91 Å². The van der Waals surface area contributed by atoms with Gasteiger partial charge in [0.15, 0.2) is 0 Å². The lowest BCUT2D eigenvalue weighted by Gasteiger charge is -2.04. The summed E-state index contributed by atoms with van der Waals surface area (Å²) in [6.45, 7) is 2.48. The Bertz CT molecular complexity index is 742. The van der Waals surface area contributed by atoms with Gasteiger partial charge >= 0.3 is 0 Å². The monoisotopic (exact) mass is 311 g/mol. The second-order valence-electron chi connectivity index (χ2n) is 5.01. The second-order valence-corrected chi connectivity index (χ2v) is 5.79. The molecule has 4 heteroatoms. The molecule has 2 aromatic heterocycles. The molecule has 22 heavy (non-hydrogen) atoms. The fourth-order valence-electron chi connectivity index (χ4n) is 2.19. The van der Waals surface area contributed by atoms with Crippen molar-refractivity contribution in [3.05, 3.63) is 70.1 Å². The van der Waals surface area contributed by atoms with Crippen LogP contribution in [0.4, 0.5) is 0 Å². The zero-order valence-corrected chi connectivity index (χ0v) is 13.2. The quantitative estimate of drug-likeness (QED) is 0.754. The predicted octanol–water partition coefficient (Wildman–Crippen LogP) is 4.50. The summed E-state index contributed by atoms with van der Waals surface area (Å²) in [6.07, 6.45) is 0.972. The number of amides is 1. The first-order valence-corrected chi connectivity index (χ1v) is 8.19. The van der Waals surface area contributed by atoms with E-state index < -0.39 is 0 Å². The highest BCUT2D eigenvalue weighted by atomic mass is 32.1. The molecule has 0 unspecified atom stereocenters. The van der Waals surface area contributed by atoms with Gasteiger partial charge in [-0.1, -0.05) is 19.1 Å². The fraction of sp³-hybridized carbons (Fsp3) is 0.167. The minimum atomic E-state index is -0.0869. The van der Waals surface area contributed by atoms with Gasteiger partial charge in [0.1, 0.15) is 11.5 Å². The van der Waals surface area contributed by atoms with Crippen molar-refractivity contribution >= 4 is 17.2 Å². The number of carbonyl (C=O) groups excluding carboxylic acids is 1. The molecule has 1 N–H and O–H groups in total. The number of nitrogens with one attached hydrogen (secondary N) is 1. The Morgan fingerprint density at radius 3 is 2.64 bits per heavy atom. The molecule has 1 amide bonds. The van der Waals surface area contributed by atoms with Gasteiger partial charge in [-0.2, -0.15) is 11.3 Å². The van der Waals surface area contributed by atoms with Gasteiger partial charge < -0.3 is 9.73 Å². The Morgan fingerprint density at radius 1 is 1.14 bits per heavy atom. The Labute approximate surface area is 133 Å². The van der Waals surface area contributed by atoms with Gasteiger partial charge in [-0.25, -0.2) is 0 Å². The van der Waals surface area contributed by atoms with E-state index in [4.69, 9.17) is 4.42 Å². The average molecular weight is 311 g/mol. The van der Waals surface area contributed by atoms with Crippen molar-refractivity contribution in [2.24, 2.45) is 0 Å². The van der Waals surface area contributed by atoms with Crippen molar-refractivity contribution < 1.29 is 9.21 Å². The smallest absolute Gasteiger partial charge is 0.251 e. The Hall–Kier alpha value is -2.33. The van der Waals surface area contributed by atoms with E-state index in [0.717, 1.165) is 23.5 Å². The third-order valence-corrected chi connectivity index (χ3v) is 4.20. The molecule has 0 spiro atoms. The van der Waals surface area contributed by atoms with E-state index in [1.807, 2.05) is 53.2 Å². The molecule has 2 heterocycles. The van der Waals surface area contributed by atoms with Crippen molar-refractivity contribution in [2.75, 3.05) is 0 Å². The van der Waals surface area contributed by atoms with Crippen LogP contribution in [-0.4, -0.2) is 5.91 Å². The highest BCUT2D eigenvalue weighted by Crippen LogP contribution is 2.24. The summed E-state index contributed by atoms with van der Waals surface area (Å²) < 4.78 is 5.74. The third-order valence-electron chi connectivity index (χ3n) is 3.51. The number of thiophene rings is 1. The Morgan fingerprint density at radius 2 is 1.95 bits per heavy atom. The number of hydrogen-bond acceptors (Lipinski definition) is 3. The molecule has 0 saturated heterocycles. The van der Waals surface area contributed by atoms with E-state index in [9.17, 15) is 4.79 Å². The number of benzene rings is 1. The molecule has 112 valence electrons. The number of rotatable bonds is 5. The van der Waals surface area contributed by atoms with Crippen LogP contribution in [0.25, 0.3) is 11.3 Å². The van der Waals surface area contributed by atoms with Crippen molar-refractivity contribution in [1.29, 1.82) is 0 Å². The first-order chi connectivity index (χ1) is 10.8. The van der Waals surface area contributed by atoms with Gasteiger partial charge in [0, 0.05) is 16.5 Å². The van der Waals surface area contributed by atoms with E-state index in [1.165, 1.54) is 5.56 Å². The maximum atomic E-state index is 12.1. The first-order valence-electron chi connectivity index (χ1n) is 7.24. The summed E-state index contributed by atoms with van der Waals surface area (Å²) in [7, 11) is 0. The highest BCUT2D eigenvalue weighted by Gasteiger charge is 2.08. The normalized spacial score (nSPS) is 10.6. The molecule has 3 nitrogen and oxygen atoms in total. The summed E-state index contributed by atoms with van der Waals surface area (Å²) in [5, 5.41) is 6.93. The standard InChI is InChI=1S/C18H17NO2S/c1-2-13-3-5-14(6-4-13)18(20)19-11-16-7-8-17(21-16)15-9-10-22-12-15/h3-10,12H,2,11H2,1H3,(H,19,20). The van der Waals surface area contributed by atoms with Crippen molar-refractivity contribution in [3.8, 4) is 11.3 Å². The number of aryl methyl sites for hydroxylation is 1. The van der Waals surface area contributed by atoms with E-state index >= 15 is 0 Å². The van der Waals surface area contributed by atoms with Crippen molar-refractivity contribution in [3.63, 3.8) is 0 Å². The lowest BCUT2D eigenvalue weighted by Crippen LogP contribution is -2.22. The van der Waals surface area contributed by atoms with Crippen LogP contribution in [0, 0.1) is 0 Å². The molecule has 0 fully saturated rings. The summed E-state index contributed by atoms with van der Waals surface area (Å²) in [5.74, 6) is 1.49. The lowest BCUT2D eigenvalue weighted by molar-refractivity contribution is 0.0948. The summed E-state index contributed by atoms with van der Waals surface area (Å²) in [4.78, 5) is 12.1. The van der Waals surface area contributed by atoms with E-state index in [2.05, 4.69) is 12.2 Å². The van der Waals surface area contributed by atoms with Crippen LogP contribution in [0.5, 0.6) is 0 Å². The minimum Gasteiger partial charge on any atom is -0.459 e. The summed E-state index contributed by atoms with van der Waals surface area (Å²) in [5.41, 5.74) is 2.96. The van der Waals surface area contributed by atoms with Crippen LogP contribution in [0.3, 0.4) is 0 Å². The zero-order valence-electron chi connectivity index (χ0n) is 12.3. The van der Waals surface area contributed by atoms with Crippen LogP contribution >= 0.6 is 11.3 Å². The molecular weight excluding hydrogens is 294 g/mol. The molecule has 3 rings (SSSR count). The number of hydrogen-bond donors (Lipinski definition) is 1. The SMILES string of the molecule is CCc1ccc(C(=O)NCc2ccc(-c3ccsc3)o2)cc1. The Kier molecular flexibility index (Phi) is 4.39. The topological polar surface area (TPSA) is 42.2 Å². The molecule has 0 bridgehead atoms. The molecule has 0 atom stereocenters. The molecule has 3 aromatic rings. The van der Waals surface area contributed by atoms with Crippen LogP contribution in [0.1, 0.15) is 28.6 Å². The largest absolute Gasteiger partial charge is 0.459 e.